The summed E-state index contributed by atoms with van der Waals surface area (Å²) in [5, 5.41) is 0. The first-order valence-electron chi connectivity index (χ1n) is 5.14. The van der Waals surface area contributed by atoms with Crippen LogP contribution < -0.4 is 5.73 Å². The van der Waals surface area contributed by atoms with E-state index < -0.39 is 17.6 Å². The topological polar surface area (TPSA) is 43.1 Å². The van der Waals surface area contributed by atoms with Crippen molar-refractivity contribution in [2.24, 2.45) is 11.7 Å². The van der Waals surface area contributed by atoms with Crippen molar-refractivity contribution in [3.63, 3.8) is 0 Å². The first-order valence-corrected chi connectivity index (χ1v) is 5.14. The summed E-state index contributed by atoms with van der Waals surface area (Å²) in [5.74, 6) is -2.03. The van der Waals surface area contributed by atoms with Crippen molar-refractivity contribution in [1.29, 1.82) is 0 Å². The van der Waals surface area contributed by atoms with Crippen LogP contribution >= 0.6 is 0 Å². The number of nitrogens with two attached hydrogens (primary N) is 1. The van der Waals surface area contributed by atoms with Crippen LogP contribution in [0, 0.1) is 17.6 Å². The number of Topliss-reactive ketones (excluding diaryl/α,β-unsaturated/α-hetero) is 1. The first-order chi connectivity index (χ1) is 7.43. The number of hydrogen-bond donors (Lipinski definition) is 1. The Kier molecular flexibility index (Phi) is 4.12. The van der Waals surface area contributed by atoms with Crippen molar-refractivity contribution in [1.82, 2.24) is 0 Å². The molecule has 1 aromatic carbocycles. The summed E-state index contributed by atoms with van der Waals surface area (Å²) in [6.07, 6.45) is -0.249. The summed E-state index contributed by atoms with van der Waals surface area (Å²) in [6, 6.07) is 3.24. The van der Waals surface area contributed by atoms with Crippen LogP contribution in [0.4, 0.5) is 8.78 Å². The number of carbonyl (C=O) groups is 1. The lowest BCUT2D eigenvalue weighted by Gasteiger charge is -2.14. The van der Waals surface area contributed by atoms with E-state index in [1.54, 1.807) is 13.8 Å². The standard InChI is InChI=1S/C12H15F2NO/c1-7(8(2)15)12(16)6-9-10(13)4-3-5-11(9)14/h3-5,7-8H,6,15H2,1-2H3. The van der Waals surface area contributed by atoms with Gasteiger partial charge in [-0.25, -0.2) is 8.78 Å². The molecule has 88 valence electrons. The van der Waals surface area contributed by atoms with E-state index in [1.165, 1.54) is 6.07 Å². The van der Waals surface area contributed by atoms with E-state index in [1.807, 2.05) is 0 Å². The van der Waals surface area contributed by atoms with Gasteiger partial charge in [-0.2, -0.15) is 0 Å². The van der Waals surface area contributed by atoms with Crippen molar-refractivity contribution >= 4 is 5.78 Å². The van der Waals surface area contributed by atoms with Crippen LogP contribution in [0.2, 0.25) is 0 Å². The fourth-order valence-electron chi connectivity index (χ4n) is 1.33. The van der Waals surface area contributed by atoms with Crippen LogP contribution in [0.5, 0.6) is 0 Å². The predicted octanol–water partition coefficient (Wildman–Crippen LogP) is 2.06. The molecule has 2 nitrogen and oxygen atoms in total. The Morgan fingerprint density at radius 3 is 2.25 bits per heavy atom. The predicted molar refractivity (Wildman–Crippen MR) is 57.9 cm³/mol. The Bertz CT molecular complexity index is 370. The molecule has 0 aromatic heterocycles. The number of carbonyl (C=O) groups excluding carboxylic acids is 1. The monoisotopic (exact) mass is 227 g/mol. The number of ketones is 1. The average molecular weight is 227 g/mol. The van der Waals surface area contributed by atoms with Crippen LogP contribution in [0.15, 0.2) is 18.2 Å². The van der Waals surface area contributed by atoms with Gasteiger partial charge in [0.15, 0.2) is 0 Å². The third-order valence-corrected chi connectivity index (χ3v) is 2.71. The summed E-state index contributed by atoms with van der Waals surface area (Å²) in [6.45, 7) is 3.35. The molecule has 0 spiro atoms. The van der Waals surface area contributed by atoms with Gasteiger partial charge in [0.2, 0.25) is 0 Å². The number of rotatable bonds is 4. The van der Waals surface area contributed by atoms with Gasteiger partial charge in [-0.3, -0.25) is 4.79 Å². The zero-order chi connectivity index (χ0) is 12.3. The molecule has 0 fully saturated rings. The lowest BCUT2D eigenvalue weighted by atomic mass is 9.94. The number of benzene rings is 1. The number of halogens is 2. The normalized spacial score (nSPS) is 14.6. The molecular weight excluding hydrogens is 212 g/mol. The van der Waals surface area contributed by atoms with Gasteiger partial charge in [-0.1, -0.05) is 13.0 Å². The molecule has 2 atom stereocenters. The SMILES string of the molecule is CC(N)C(C)C(=O)Cc1c(F)cccc1F. The first kappa shape index (κ1) is 12.8. The maximum absolute atomic E-state index is 13.3. The highest BCUT2D eigenvalue weighted by molar-refractivity contribution is 5.83. The average Bonchev–Trinajstić information content (AvgIpc) is 2.22. The van der Waals surface area contributed by atoms with Gasteiger partial charge < -0.3 is 5.73 Å². The third kappa shape index (κ3) is 2.85. The summed E-state index contributed by atoms with van der Waals surface area (Å²) < 4.78 is 26.5. The highest BCUT2D eigenvalue weighted by atomic mass is 19.1. The minimum Gasteiger partial charge on any atom is -0.327 e. The van der Waals surface area contributed by atoms with Crippen molar-refractivity contribution in [2.45, 2.75) is 26.3 Å². The van der Waals surface area contributed by atoms with Crippen LogP contribution in [-0.4, -0.2) is 11.8 Å². The second kappa shape index (κ2) is 5.16. The molecule has 2 N–H and O–H groups in total. The molecule has 16 heavy (non-hydrogen) atoms. The van der Waals surface area contributed by atoms with Crippen molar-refractivity contribution in [3.8, 4) is 0 Å². The lowest BCUT2D eigenvalue weighted by Crippen LogP contribution is -2.31. The Labute approximate surface area is 93.5 Å². The molecule has 0 aliphatic heterocycles. The summed E-state index contributed by atoms with van der Waals surface area (Å²) in [4.78, 5) is 11.6. The van der Waals surface area contributed by atoms with E-state index in [4.69, 9.17) is 5.73 Å². The van der Waals surface area contributed by atoms with Gasteiger partial charge in [0.25, 0.3) is 0 Å². The molecule has 0 radical (unpaired) electrons. The molecule has 0 aliphatic carbocycles. The van der Waals surface area contributed by atoms with E-state index in [0.717, 1.165) is 12.1 Å². The van der Waals surface area contributed by atoms with E-state index in [9.17, 15) is 13.6 Å². The fourth-order valence-corrected chi connectivity index (χ4v) is 1.33. The molecule has 1 rings (SSSR count). The lowest BCUT2D eigenvalue weighted by molar-refractivity contribution is -0.122. The molecule has 2 unspecified atom stereocenters. The van der Waals surface area contributed by atoms with Crippen LogP contribution in [0.3, 0.4) is 0 Å². The van der Waals surface area contributed by atoms with E-state index in [0.29, 0.717) is 0 Å². The minimum atomic E-state index is -0.690. The molecule has 0 heterocycles. The molecule has 1 aromatic rings. The van der Waals surface area contributed by atoms with Gasteiger partial charge >= 0.3 is 0 Å². The summed E-state index contributed by atoms with van der Waals surface area (Å²) in [7, 11) is 0. The molecule has 0 saturated carbocycles. The van der Waals surface area contributed by atoms with Gasteiger partial charge in [0.1, 0.15) is 17.4 Å². The summed E-state index contributed by atoms with van der Waals surface area (Å²) >= 11 is 0. The van der Waals surface area contributed by atoms with Gasteiger partial charge in [0, 0.05) is 23.9 Å². The molecule has 0 bridgehead atoms. The Hall–Kier alpha value is -1.29. The van der Waals surface area contributed by atoms with Crippen molar-refractivity contribution in [3.05, 3.63) is 35.4 Å². The Morgan fingerprint density at radius 1 is 1.31 bits per heavy atom. The maximum Gasteiger partial charge on any atom is 0.141 e. The highest BCUT2D eigenvalue weighted by Gasteiger charge is 2.20. The summed E-state index contributed by atoms with van der Waals surface area (Å²) in [5.41, 5.74) is 5.38. The van der Waals surface area contributed by atoms with E-state index >= 15 is 0 Å². The van der Waals surface area contributed by atoms with Gasteiger partial charge in [-0.15, -0.1) is 0 Å². The second-order valence-corrected chi connectivity index (χ2v) is 3.99. The second-order valence-electron chi connectivity index (χ2n) is 3.99. The zero-order valence-electron chi connectivity index (χ0n) is 9.34. The quantitative estimate of drug-likeness (QED) is 0.855. The fraction of sp³-hybridized carbons (Fsp3) is 0.417. The Balaban J connectivity index is 2.85. The Morgan fingerprint density at radius 2 is 1.81 bits per heavy atom. The third-order valence-electron chi connectivity index (χ3n) is 2.71. The molecule has 0 aliphatic rings. The number of hydrogen-bond acceptors (Lipinski definition) is 2. The van der Waals surface area contributed by atoms with Crippen LogP contribution in [0.25, 0.3) is 0 Å². The largest absolute Gasteiger partial charge is 0.327 e. The van der Waals surface area contributed by atoms with Crippen molar-refractivity contribution < 1.29 is 13.6 Å². The van der Waals surface area contributed by atoms with Crippen LogP contribution in [0.1, 0.15) is 19.4 Å². The minimum absolute atomic E-state index is 0.181. The maximum atomic E-state index is 13.3. The van der Waals surface area contributed by atoms with Crippen LogP contribution in [-0.2, 0) is 11.2 Å². The molecular formula is C12H15F2NO. The highest BCUT2D eigenvalue weighted by Crippen LogP contribution is 2.15. The van der Waals surface area contributed by atoms with E-state index in [2.05, 4.69) is 0 Å². The zero-order valence-corrected chi connectivity index (χ0v) is 9.34. The molecule has 4 heteroatoms. The molecule has 0 saturated heterocycles. The van der Waals surface area contributed by atoms with Crippen molar-refractivity contribution in [2.75, 3.05) is 0 Å². The van der Waals surface area contributed by atoms with Gasteiger partial charge in [0.05, 0.1) is 0 Å². The smallest absolute Gasteiger partial charge is 0.141 e. The van der Waals surface area contributed by atoms with Gasteiger partial charge in [-0.05, 0) is 19.1 Å². The van der Waals surface area contributed by atoms with E-state index in [-0.39, 0.29) is 23.8 Å². The molecule has 0 amide bonds.